The third kappa shape index (κ3) is 3.28. The van der Waals surface area contributed by atoms with E-state index in [9.17, 15) is 4.79 Å². The van der Waals surface area contributed by atoms with Gasteiger partial charge < -0.3 is 15.0 Å². The summed E-state index contributed by atoms with van der Waals surface area (Å²) in [5.74, 6) is 0.872. The number of aryl methyl sites for hydroxylation is 1. The molecule has 1 rings (SSSR count). The Morgan fingerprint density at radius 3 is 2.53 bits per heavy atom. The molecule has 5 heteroatoms. The molecule has 0 aliphatic carbocycles. The van der Waals surface area contributed by atoms with Crippen LogP contribution in [0.25, 0.3) is 0 Å². The maximum absolute atomic E-state index is 11.8. The molecule has 0 amide bonds. The molecule has 1 atom stereocenters. The van der Waals surface area contributed by atoms with E-state index in [2.05, 4.69) is 18.8 Å². The van der Waals surface area contributed by atoms with Crippen LogP contribution in [-0.4, -0.2) is 22.1 Å². The van der Waals surface area contributed by atoms with Crippen LogP contribution in [0.2, 0.25) is 0 Å². The Labute approximate surface area is 115 Å². The maximum Gasteiger partial charge on any atom is 0.360 e. The third-order valence-electron chi connectivity index (χ3n) is 3.26. The molecule has 0 aliphatic heterocycles. The van der Waals surface area contributed by atoms with E-state index in [0.29, 0.717) is 18.5 Å². The average Bonchev–Trinajstić information content (AvgIpc) is 2.73. The Balaban J connectivity index is 3.19. The van der Waals surface area contributed by atoms with Crippen molar-refractivity contribution in [1.29, 1.82) is 0 Å². The average molecular weight is 267 g/mol. The molecule has 2 N–H and O–H groups in total. The first-order valence-corrected chi connectivity index (χ1v) is 7.14. The number of nitrogens with two attached hydrogens (primary N) is 1. The standard InChI is InChI=1S/C14H25N3O2/c1-5-9-10(6-2)17-11(7-3)16-12(13(17)15)14(18)19-8-4/h10H,5-9,15H2,1-4H3. The molecule has 0 radical (unpaired) electrons. The number of rotatable bonds is 7. The predicted molar refractivity (Wildman–Crippen MR) is 76.2 cm³/mol. The highest BCUT2D eigenvalue weighted by Gasteiger charge is 2.24. The minimum absolute atomic E-state index is 0.258. The summed E-state index contributed by atoms with van der Waals surface area (Å²) in [4.78, 5) is 16.2. The van der Waals surface area contributed by atoms with E-state index in [1.807, 2.05) is 11.5 Å². The Kier molecular flexibility index (Phi) is 5.86. The Bertz CT molecular complexity index is 427. The van der Waals surface area contributed by atoms with Crippen molar-refractivity contribution < 1.29 is 9.53 Å². The van der Waals surface area contributed by atoms with E-state index in [-0.39, 0.29) is 5.69 Å². The molecule has 1 aromatic heterocycles. The van der Waals surface area contributed by atoms with Crippen molar-refractivity contribution in [3.63, 3.8) is 0 Å². The van der Waals surface area contributed by atoms with Crippen LogP contribution in [0.5, 0.6) is 0 Å². The Hall–Kier alpha value is -1.52. The maximum atomic E-state index is 11.8. The van der Waals surface area contributed by atoms with Gasteiger partial charge in [0.1, 0.15) is 11.6 Å². The zero-order valence-electron chi connectivity index (χ0n) is 12.4. The zero-order chi connectivity index (χ0) is 14.4. The lowest BCUT2D eigenvalue weighted by molar-refractivity contribution is 0.0521. The molecule has 0 bridgehead atoms. The summed E-state index contributed by atoms with van der Waals surface area (Å²) in [5, 5.41) is 0. The second-order valence-electron chi connectivity index (χ2n) is 4.56. The second-order valence-corrected chi connectivity index (χ2v) is 4.56. The lowest BCUT2D eigenvalue weighted by Crippen LogP contribution is -2.15. The van der Waals surface area contributed by atoms with Crippen molar-refractivity contribution in [2.45, 2.75) is 59.4 Å². The van der Waals surface area contributed by atoms with Crippen LogP contribution in [0.3, 0.4) is 0 Å². The van der Waals surface area contributed by atoms with Crippen LogP contribution < -0.4 is 5.73 Å². The van der Waals surface area contributed by atoms with Crippen LogP contribution in [-0.2, 0) is 11.2 Å². The summed E-state index contributed by atoms with van der Waals surface area (Å²) in [5.41, 5.74) is 6.37. The van der Waals surface area contributed by atoms with Gasteiger partial charge in [-0.15, -0.1) is 0 Å². The number of hydrogen-bond acceptors (Lipinski definition) is 4. The van der Waals surface area contributed by atoms with Crippen molar-refractivity contribution in [2.75, 3.05) is 12.3 Å². The molecule has 0 aromatic carbocycles. The smallest absolute Gasteiger partial charge is 0.360 e. The number of ether oxygens (including phenoxy) is 1. The summed E-state index contributed by atoms with van der Waals surface area (Å²) < 4.78 is 7.01. The van der Waals surface area contributed by atoms with Crippen molar-refractivity contribution in [1.82, 2.24) is 9.55 Å². The molecule has 108 valence electrons. The SMILES string of the molecule is CCCC(CC)n1c(CC)nc(C(=O)OCC)c1N. The topological polar surface area (TPSA) is 70.1 Å². The zero-order valence-corrected chi connectivity index (χ0v) is 12.4. The number of nitrogen functional groups attached to an aromatic ring is 1. The summed E-state index contributed by atoms with van der Waals surface area (Å²) in [7, 11) is 0. The van der Waals surface area contributed by atoms with Crippen molar-refractivity contribution in [2.24, 2.45) is 0 Å². The van der Waals surface area contributed by atoms with E-state index in [4.69, 9.17) is 10.5 Å². The Morgan fingerprint density at radius 1 is 1.37 bits per heavy atom. The van der Waals surface area contributed by atoms with Gasteiger partial charge in [0.2, 0.25) is 0 Å². The van der Waals surface area contributed by atoms with Gasteiger partial charge in [-0.3, -0.25) is 0 Å². The molecule has 1 unspecified atom stereocenters. The van der Waals surface area contributed by atoms with E-state index in [1.165, 1.54) is 0 Å². The Morgan fingerprint density at radius 2 is 2.05 bits per heavy atom. The van der Waals surface area contributed by atoms with Crippen molar-refractivity contribution in [3.05, 3.63) is 11.5 Å². The van der Waals surface area contributed by atoms with Gasteiger partial charge in [0, 0.05) is 12.5 Å². The van der Waals surface area contributed by atoms with Crippen LogP contribution in [0, 0.1) is 0 Å². The van der Waals surface area contributed by atoms with Crippen LogP contribution >= 0.6 is 0 Å². The van der Waals surface area contributed by atoms with E-state index in [1.54, 1.807) is 6.92 Å². The van der Waals surface area contributed by atoms with Gasteiger partial charge in [0.25, 0.3) is 0 Å². The fourth-order valence-corrected chi connectivity index (χ4v) is 2.35. The minimum Gasteiger partial charge on any atom is -0.461 e. The highest BCUT2D eigenvalue weighted by molar-refractivity contribution is 5.92. The summed E-state index contributed by atoms with van der Waals surface area (Å²) in [6.45, 7) is 8.40. The summed E-state index contributed by atoms with van der Waals surface area (Å²) in [6.07, 6.45) is 3.84. The molecule has 0 fully saturated rings. The lowest BCUT2D eigenvalue weighted by atomic mass is 10.1. The van der Waals surface area contributed by atoms with Gasteiger partial charge in [-0.2, -0.15) is 0 Å². The quantitative estimate of drug-likeness (QED) is 0.771. The minimum atomic E-state index is -0.431. The normalized spacial score (nSPS) is 12.4. The second kappa shape index (κ2) is 7.16. The first-order valence-electron chi connectivity index (χ1n) is 7.14. The van der Waals surface area contributed by atoms with Gasteiger partial charge in [-0.05, 0) is 19.8 Å². The van der Waals surface area contributed by atoms with Gasteiger partial charge in [0.05, 0.1) is 6.61 Å². The molecule has 1 aromatic rings. The van der Waals surface area contributed by atoms with Crippen LogP contribution in [0.1, 0.15) is 69.3 Å². The van der Waals surface area contributed by atoms with Gasteiger partial charge >= 0.3 is 5.97 Å². The first-order chi connectivity index (χ1) is 9.10. The molecule has 0 aliphatic rings. The van der Waals surface area contributed by atoms with Crippen LogP contribution in [0.4, 0.5) is 5.82 Å². The number of anilines is 1. The highest BCUT2D eigenvalue weighted by Crippen LogP contribution is 2.27. The number of hydrogen-bond donors (Lipinski definition) is 1. The van der Waals surface area contributed by atoms with E-state index in [0.717, 1.165) is 31.5 Å². The molecule has 0 spiro atoms. The third-order valence-corrected chi connectivity index (χ3v) is 3.26. The fraction of sp³-hybridized carbons (Fsp3) is 0.714. The van der Waals surface area contributed by atoms with E-state index < -0.39 is 5.97 Å². The number of esters is 1. The fourth-order valence-electron chi connectivity index (χ4n) is 2.35. The summed E-state index contributed by atoms with van der Waals surface area (Å²) in [6, 6.07) is 0.302. The largest absolute Gasteiger partial charge is 0.461 e. The molecule has 0 saturated carbocycles. The predicted octanol–water partition coefficient (Wildman–Crippen LogP) is 2.96. The molecule has 0 saturated heterocycles. The van der Waals surface area contributed by atoms with Gasteiger partial charge in [0.15, 0.2) is 5.69 Å². The van der Waals surface area contributed by atoms with Crippen molar-refractivity contribution >= 4 is 11.8 Å². The lowest BCUT2D eigenvalue weighted by Gasteiger charge is -2.19. The number of carbonyl (C=O) groups excluding carboxylic acids is 1. The molecular weight excluding hydrogens is 242 g/mol. The molecular formula is C14H25N3O2. The number of carbonyl (C=O) groups is 1. The van der Waals surface area contributed by atoms with Crippen LogP contribution in [0.15, 0.2) is 0 Å². The van der Waals surface area contributed by atoms with E-state index >= 15 is 0 Å². The summed E-state index contributed by atoms with van der Waals surface area (Å²) >= 11 is 0. The molecule has 5 nitrogen and oxygen atoms in total. The molecule has 19 heavy (non-hydrogen) atoms. The number of nitrogens with zero attached hydrogens (tertiary/aromatic N) is 2. The monoisotopic (exact) mass is 267 g/mol. The highest BCUT2D eigenvalue weighted by atomic mass is 16.5. The first kappa shape index (κ1) is 15.5. The number of imidazole rings is 1. The molecule has 1 heterocycles. The number of aromatic nitrogens is 2. The van der Waals surface area contributed by atoms with Gasteiger partial charge in [-0.25, -0.2) is 9.78 Å². The van der Waals surface area contributed by atoms with Gasteiger partial charge in [-0.1, -0.05) is 27.2 Å². The van der Waals surface area contributed by atoms with Crippen molar-refractivity contribution in [3.8, 4) is 0 Å².